The van der Waals surface area contributed by atoms with Crippen LogP contribution in [0.15, 0.2) is 18.3 Å². The first-order chi connectivity index (χ1) is 8.20. The summed E-state index contributed by atoms with van der Waals surface area (Å²) < 4.78 is 0. The second-order valence-corrected chi connectivity index (χ2v) is 3.95. The fourth-order valence-electron chi connectivity index (χ4n) is 1.78. The summed E-state index contributed by atoms with van der Waals surface area (Å²) in [5.41, 5.74) is 1.37. The molecule has 0 bridgehead atoms. The summed E-state index contributed by atoms with van der Waals surface area (Å²) in [5.74, 6) is 0.0536. The van der Waals surface area contributed by atoms with Crippen LogP contribution in [0.4, 0.5) is 5.69 Å². The molecular weight excluding hydrogens is 218 g/mol. The minimum Gasteiger partial charge on any atom is -0.359 e. The van der Waals surface area contributed by atoms with Gasteiger partial charge in [0.05, 0.1) is 18.4 Å². The molecule has 1 aliphatic heterocycles. The summed E-state index contributed by atoms with van der Waals surface area (Å²) in [5, 5.41) is 2.77. The molecule has 2 rings (SSSR count). The number of ketones is 1. The highest BCUT2D eigenvalue weighted by molar-refractivity contribution is 5.94. The molecular formula is C12H15N3O2. The summed E-state index contributed by atoms with van der Waals surface area (Å²) >= 11 is 0. The van der Waals surface area contributed by atoms with Crippen LogP contribution in [0.3, 0.4) is 0 Å². The average molecular weight is 233 g/mol. The molecule has 1 amide bonds. The van der Waals surface area contributed by atoms with Gasteiger partial charge >= 0.3 is 0 Å². The molecule has 5 nitrogen and oxygen atoms in total. The predicted octanol–water partition coefficient (Wildman–Crippen LogP) is 0.610. The molecule has 0 aromatic carbocycles. The molecule has 0 spiro atoms. The normalized spacial score (nSPS) is 15.6. The lowest BCUT2D eigenvalue weighted by Gasteiger charge is -2.28. The molecule has 1 N–H and O–H groups in total. The molecule has 17 heavy (non-hydrogen) atoms. The van der Waals surface area contributed by atoms with Crippen molar-refractivity contribution in [2.24, 2.45) is 0 Å². The number of carbonyl (C=O) groups excluding carboxylic acids is 2. The fourth-order valence-corrected chi connectivity index (χ4v) is 1.78. The molecule has 1 saturated heterocycles. The first kappa shape index (κ1) is 11.6. The minimum atomic E-state index is 0.0185. The number of Topliss-reactive ketones (excluding diaryl/α,β-unsaturated/α-hetero) is 1. The summed E-state index contributed by atoms with van der Waals surface area (Å²) in [4.78, 5) is 28.7. The zero-order valence-corrected chi connectivity index (χ0v) is 9.77. The number of hydrogen-bond donors (Lipinski definition) is 1. The Morgan fingerprint density at radius 2 is 2.35 bits per heavy atom. The topological polar surface area (TPSA) is 62.3 Å². The number of hydrogen-bond acceptors (Lipinski definition) is 4. The molecule has 2 heterocycles. The maximum absolute atomic E-state index is 11.4. The van der Waals surface area contributed by atoms with Gasteiger partial charge in [0.25, 0.3) is 0 Å². The van der Waals surface area contributed by atoms with E-state index >= 15 is 0 Å². The van der Waals surface area contributed by atoms with Crippen molar-refractivity contribution in [3.63, 3.8) is 0 Å². The Labute approximate surface area is 99.8 Å². The van der Waals surface area contributed by atoms with E-state index < -0.39 is 0 Å². The summed E-state index contributed by atoms with van der Waals surface area (Å²) in [7, 11) is 0. The van der Waals surface area contributed by atoms with Crippen molar-refractivity contribution < 1.29 is 9.59 Å². The van der Waals surface area contributed by atoms with Crippen molar-refractivity contribution >= 4 is 17.4 Å². The number of pyridine rings is 1. The van der Waals surface area contributed by atoms with Crippen molar-refractivity contribution in [3.8, 4) is 0 Å². The van der Waals surface area contributed by atoms with Gasteiger partial charge in [-0.25, -0.2) is 0 Å². The molecule has 0 unspecified atom stereocenters. The van der Waals surface area contributed by atoms with Crippen molar-refractivity contribution in [2.45, 2.75) is 13.3 Å². The third kappa shape index (κ3) is 2.61. The zero-order chi connectivity index (χ0) is 12.3. The van der Waals surface area contributed by atoms with Crippen LogP contribution in [-0.4, -0.2) is 36.3 Å². The molecule has 1 aromatic heterocycles. The number of nitrogens with one attached hydrogen (secondary N) is 1. The van der Waals surface area contributed by atoms with Gasteiger partial charge in [-0.2, -0.15) is 0 Å². The van der Waals surface area contributed by atoms with Crippen LogP contribution >= 0.6 is 0 Å². The first-order valence-electron chi connectivity index (χ1n) is 5.71. The lowest BCUT2D eigenvalue weighted by atomic mass is 10.2. The van der Waals surface area contributed by atoms with E-state index in [0.717, 1.165) is 12.2 Å². The molecule has 1 aromatic rings. The highest BCUT2D eigenvalue weighted by atomic mass is 16.2. The van der Waals surface area contributed by atoms with Crippen LogP contribution in [0.1, 0.15) is 23.8 Å². The van der Waals surface area contributed by atoms with E-state index in [4.69, 9.17) is 0 Å². The summed E-state index contributed by atoms with van der Waals surface area (Å²) in [6.07, 6.45) is 2.11. The lowest BCUT2D eigenvalue weighted by molar-refractivity contribution is -0.120. The molecule has 5 heteroatoms. The van der Waals surface area contributed by atoms with E-state index in [1.54, 1.807) is 12.3 Å². The Morgan fingerprint density at radius 1 is 1.53 bits per heavy atom. The Bertz CT molecular complexity index is 428. The number of amides is 1. The number of nitrogens with zero attached hydrogens (tertiary/aromatic N) is 2. The van der Waals surface area contributed by atoms with Gasteiger partial charge in [-0.3, -0.25) is 14.6 Å². The number of aromatic nitrogens is 1. The van der Waals surface area contributed by atoms with Gasteiger partial charge in [-0.15, -0.1) is 0 Å². The highest BCUT2D eigenvalue weighted by Crippen LogP contribution is 2.14. The zero-order valence-electron chi connectivity index (χ0n) is 9.77. The van der Waals surface area contributed by atoms with E-state index in [1.165, 1.54) is 0 Å². The van der Waals surface area contributed by atoms with Gasteiger partial charge in [-0.05, 0) is 12.1 Å². The van der Waals surface area contributed by atoms with E-state index in [9.17, 15) is 9.59 Å². The third-order valence-corrected chi connectivity index (χ3v) is 2.76. The number of rotatable bonds is 3. The standard InChI is InChI=1S/C12H15N3O2/c1-2-11(16)10-4-3-9(7-14-10)15-6-5-13-12(17)8-15/h3-4,7H,2,5-6,8H2,1H3,(H,13,17). The van der Waals surface area contributed by atoms with Crippen LogP contribution in [0.2, 0.25) is 0 Å². The summed E-state index contributed by atoms with van der Waals surface area (Å²) in [6, 6.07) is 3.56. The van der Waals surface area contributed by atoms with Gasteiger partial charge in [0, 0.05) is 19.5 Å². The van der Waals surface area contributed by atoms with Crippen LogP contribution in [0.5, 0.6) is 0 Å². The Kier molecular flexibility index (Phi) is 3.37. The van der Waals surface area contributed by atoms with Crippen LogP contribution in [-0.2, 0) is 4.79 Å². The molecule has 1 aliphatic rings. The van der Waals surface area contributed by atoms with Gasteiger partial charge in [-0.1, -0.05) is 6.92 Å². The van der Waals surface area contributed by atoms with Gasteiger partial charge in [0.15, 0.2) is 5.78 Å². The largest absolute Gasteiger partial charge is 0.359 e. The highest BCUT2D eigenvalue weighted by Gasteiger charge is 2.16. The molecule has 0 atom stereocenters. The molecule has 1 fully saturated rings. The fraction of sp³-hybridized carbons (Fsp3) is 0.417. The van der Waals surface area contributed by atoms with Crippen molar-refractivity contribution in [1.82, 2.24) is 10.3 Å². The first-order valence-corrected chi connectivity index (χ1v) is 5.71. The Balaban J connectivity index is 2.12. The Hall–Kier alpha value is -1.91. The predicted molar refractivity (Wildman–Crippen MR) is 64.1 cm³/mol. The van der Waals surface area contributed by atoms with Gasteiger partial charge in [0.2, 0.25) is 5.91 Å². The SMILES string of the molecule is CCC(=O)c1ccc(N2CCNC(=O)C2)cn1. The minimum absolute atomic E-state index is 0.0185. The van der Waals surface area contributed by atoms with Crippen LogP contribution < -0.4 is 10.2 Å². The van der Waals surface area contributed by atoms with Crippen molar-refractivity contribution in [3.05, 3.63) is 24.0 Å². The van der Waals surface area contributed by atoms with E-state index in [0.29, 0.717) is 25.2 Å². The molecule has 0 aliphatic carbocycles. The van der Waals surface area contributed by atoms with Crippen molar-refractivity contribution in [2.75, 3.05) is 24.5 Å². The number of anilines is 1. The molecule has 0 radical (unpaired) electrons. The van der Waals surface area contributed by atoms with Crippen LogP contribution in [0.25, 0.3) is 0 Å². The molecule has 90 valence electrons. The van der Waals surface area contributed by atoms with Crippen LogP contribution in [0, 0.1) is 0 Å². The second kappa shape index (κ2) is 4.95. The van der Waals surface area contributed by atoms with E-state index in [2.05, 4.69) is 10.3 Å². The third-order valence-electron chi connectivity index (χ3n) is 2.76. The average Bonchev–Trinajstić information content (AvgIpc) is 2.38. The lowest BCUT2D eigenvalue weighted by Crippen LogP contribution is -2.47. The summed E-state index contributed by atoms with van der Waals surface area (Å²) in [6.45, 7) is 3.58. The quantitative estimate of drug-likeness (QED) is 0.777. The molecule has 0 saturated carbocycles. The monoisotopic (exact) mass is 233 g/mol. The van der Waals surface area contributed by atoms with E-state index in [-0.39, 0.29) is 11.7 Å². The number of carbonyl (C=O) groups is 2. The number of piperazine rings is 1. The van der Waals surface area contributed by atoms with Crippen molar-refractivity contribution in [1.29, 1.82) is 0 Å². The van der Waals surface area contributed by atoms with Gasteiger partial charge < -0.3 is 10.2 Å². The maximum atomic E-state index is 11.4. The maximum Gasteiger partial charge on any atom is 0.239 e. The smallest absolute Gasteiger partial charge is 0.239 e. The second-order valence-electron chi connectivity index (χ2n) is 3.95. The van der Waals surface area contributed by atoms with E-state index in [1.807, 2.05) is 17.9 Å². The van der Waals surface area contributed by atoms with Gasteiger partial charge in [0.1, 0.15) is 5.69 Å². The Morgan fingerprint density at radius 3 is 2.94 bits per heavy atom.